The van der Waals surface area contributed by atoms with Crippen molar-refractivity contribution >= 4 is 34.8 Å². The van der Waals surface area contributed by atoms with E-state index in [-0.39, 0.29) is 24.2 Å². The van der Waals surface area contributed by atoms with Gasteiger partial charge in [0.2, 0.25) is 11.8 Å². The topological polar surface area (TPSA) is 85.3 Å². The minimum absolute atomic E-state index is 0.0222. The molecule has 2 atom stereocenters. The summed E-state index contributed by atoms with van der Waals surface area (Å²) in [4.78, 5) is 25.3. The van der Waals surface area contributed by atoms with Crippen molar-refractivity contribution in [1.29, 1.82) is 0 Å². The van der Waals surface area contributed by atoms with E-state index in [2.05, 4.69) is 15.7 Å². The Balaban J connectivity index is 1.62. The molecule has 0 aliphatic rings. The molecule has 0 saturated carbocycles. The Bertz CT molecular complexity index is 1160. The van der Waals surface area contributed by atoms with Crippen molar-refractivity contribution in [1.82, 2.24) is 9.78 Å². The molecule has 7 nitrogen and oxygen atoms in total. The standard InChI is InChI=1S/C25H29ClN4O3/c1-15(20-8-6-7-9-23(20)33-5)12-24(31)27-19-10-11-22(21(26)14-19)28-25(32)18(4)30-17(3)13-16(2)29-30/h6-11,13-15,18H,12H2,1-5H3,(H,27,31)(H,28,32). The SMILES string of the molecule is COc1ccccc1C(C)CC(=O)Nc1ccc(NC(=O)C(C)n2nc(C)cc2C)c(Cl)c1. The number of nitrogens with one attached hydrogen (secondary N) is 2. The zero-order valence-electron chi connectivity index (χ0n) is 19.5. The lowest BCUT2D eigenvalue weighted by Gasteiger charge is -2.17. The predicted octanol–water partition coefficient (Wildman–Crippen LogP) is 5.49. The molecule has 1 heterocycles. The van der Waals surface area contributed by atoms with Crippen molar-refractivity contribution in [3.05, 3.63) is 70.5 Å². The molecular weight excluding hydrogens is 440 g/mol. The number of hydrogen-bond donors (Lipinski definition) is 2. The van der Waals surface area contributed by atoms with Crippen molar-refractivity contribution in [2.24, 2.45) is 0 Å². The van der Waals surface area contributed by atoms with Crippen molar-refractivity contribution in [2.75, 3.05) is 17.7 Å². The number of anilines is 2. The predicted molar refractivity (Wildman–Crippen MR) is 131 cm³/mol. The second-order valence-electron chi connectivity index (χ2n) is 8.13. The Labute approximate surface area is 199 Å². The van der Waals surface area contributed by atoms with Gasteiger partial charge in [0.15, 0.2) is 0 Å². The lowest BCUT2D eigenvalue weighted by molar-refractivity contribution is -0.119. The number of aryl methyl sites for hydroxylation is 2. The summed E-state index contributed by atoms with van der Waals surface area (Å²) < 4.78 is 7.07. The van der Waals surface area contributed by atoms with Gasteiger partial charge in [-0.3, -0.25) is 14.3 Å². The van der Waals surface area contributed by atoms with Gasteiger partial charge in [0.1, 0.15) is 11.8 Å². The number of rotatable bonds is 8. The quantitative estimate of drug-likeness (QED) is 0.457. The molecule has 0 radical (unpaired) electrons. The average molecular weight is 469 g/mol. The monoisotopic (exact) mass is 468 g/mol. The van der Waals surface area contributed by atoms with E-state index in [1.165, 1.54) is 0 Å². The molecule has 2 aromatic carbocycles. The van der Waals surface area contributed by atoms with Gasteiger partial charge in [-0.05, 0) is 62.6 Å². The van der Waals surface area contributed by atoms with Crippen LogP contribution < -0.4 is 15.4 Å². The number of halogens is 1. The number of aromatic nitrogens is 2. The molecule has 0 aliphatic heterocycles. The minimum Gasteiger partial charge on any atom is -0.496 e. The molecule has 174 valence electrons. The van der Waals surface area contributed by atoms with Crippen molar-refractivity contribution in [2.45, 2.75) is 46.1 Å². The molecule has 1 aromatic heterocycles. The fourth-order valence-electron chi connectivity index (χ4n) is 3.75. The van der Waals surface area contributed by atoms with Gasteiger partial charge in [0, 0.05) is 17.8 Å². The highest BCUT2D eigenvalue weighted by atomic mass is 35.5. The van der Waals surface area contributed by atoms with Crippen LogP contribution in [-0.2, 0) is 9.59 Å². The number of methoxy groups -OCH3 is 1. The summed E-state index contributed by atoms with van der Waals surface area (Å²) in [6.45, 7) is 7.55. The fraction of sp³-hybridized carbons (Fsp3) is 0.320. The third-order valence-corrected chi connectivity index (χ3v) is 5.78. The van der Waals surface area contributed by atoms with E-state index >= 15 is 0 Å². The van der Waals surface area contributed by atoms with E-state index in [9.17, 15) is 9.59 Å². The van der Waals surface area contributed by atoms with E-state index in [0.717, 1.165) is 22.7 Å². The van der Waals surface area contributed by atoms with Crippen molar-refractivity contribution in [3.8, 4) is 5.75 Å². The van der Waals surface area contributed by atoms with Gasteiger partial charge in [-0.1, -0.05) is 36.7 Å². The number of nitrogens with zero attached hydrogens (tertiary/aromatic N) is 2. The number of amides is 2. The molecule has 2 amide bonds. The molecule has 0 spiro atoms. The van der Waals surface area contributed by atoms with Gasteiger partial charge in [-0.15, -0.1) is 0 Å². The van der Waals surface area contributed by atoms with Crippen LogP contribution in [0.3, 0.4) is 0 Å². The Morgan fingerprint density at radius 2 is 1.82 bits per heavy atom. The molecule has 0 saturated heterocycles. The smallest absolute Gasteiger partial charge is 0.248 e. The molecule has 2 unspecified atom stereocenters. The van der Waals surface area contributed by atoms with Crippen LogP contribution in [0, 0.1) is 13.8 Å². The highest BCUT2D eigenvalue weighted by Crippen LogP contribution is 2.30. The van der Waals surface area contributed by atoms with Crippen LogP contribution in [0.5, 0.6) is 5.75 Å². The first-order valence-electron chi connectivity index (χ1n) is 10.8. The Kier molecular flexibility index (Phi) is 7.76. The number of ether oxygens (including phenoxy) is 1. The maximum atomic E-state index is 12.7. The lowest BCUT2D eigenvalue weighted by Crippen LogP contribution is -2.25. The van der Waals surface area contributed by atoms with Crippen molar-refractivity contribution in [3.63, 3.8) is 0 Å². The van der Waals surface area contributed by atoms with Crippen LogP contribution in [-0.4, -0.2) is 28.7 Å². The number of carbonyl (C=O) groups is 2. The zero-order chi connectivity index (χ0) is 24.1. The van der Waals surface area contributed by atoms with Crippen LogP contribution in [0.1, 0.15) is 49.2 Å². The van der Waals surface area contributed by atoms with Gasteiger partial charge in [-0.25, -0.2) is 0 Å². The van der Waals surface area contributed by atoms with E-state index in [0.29, 0.717) is 16.4 Å². The molecule has 3 rings (SSSR count). The minimum atomic E-state index is -0.495. The van der Waals surface area contributed by atoms with Crippen LogP contribution in [0.15, 0.2) is 48.5 Å². The van der Waals surface area contributed by atoms with Gasteiger partial charge in [0.25, 0.3) is 0 Å². The summed E-state index contributed by atoms with van der Waals surface area (Å²) >= 11 is 6.38. The van der Waals surface area contributed by atoms with Gasteiger partial charge >= 0.3 is 0 Å². The summed E-state index contributed by atoms with van der Waals surface area (Å²) in [5.74, 6) is 0.367. The molecule has 0 fully saturated rings. The third kappa shape index (κ3) is 5.93. The molecule has 8 heteroatoms. The molecular formula is C25H29ClN4O3. The highest BCUT2D eigenvalue weighted by Gasteiger charge is 2.19. The van der Waals surface area contributed by atoms with Crippen LogP contribution in [0.2, 0.25) is 5.02 Å². The molecule has 3 aromatic rings. The second kappa shape index (κ2) is 10.5. The van der Waals surface area contributed by atoms with Crippen LogP contribution in [0.25, 0.3) is 0 Å². The van der Waals surface area contributed by atoms with Gasteiger partial charge in [0.05, 0.1) is 23.5 Å². The normalized spacial score (nSPS) is 12.7. The zero-order valence-corrected chi connectivity index (χ0v) is 20.2. The van der Waals surface area contributed by atoms with Gasteiger partial charge < -0.3 is 15.4 Å². The molecule has 0 aliphatic carbocycles. The average Bonchev–Trinajstić information content (AvgIpc) is 3.12. The van der Waals surface area contributed by atoms with Crippen LogP contribution >= 0.6 is 11.6 Å². The summed E-state index contributed by atoms with van der Waals surface area (Å²) in [5.41, 5.74) is 3.76. The molecule has 33 heavy (non-hydrogen) atoms. The first-order valence-corrected chi connectivity index (χ1v) is 11.1. The Morgan fingerprint density at radius 3 is 2.45 bits per heavy atom. The fourth-order valence-corrected chi connectivity index (χ4v) is 3.98. The summed E-state index contributed by atoms with van der Waals surface area (Å²) in [6, 6.07) is 14.1. The van der Waals surface area contributed by atoms with E-state index in [4.69, 9.17) is 16.3 Å². The maximum Gasteiger partial charge on any atom is 0.248 e. The summed E-state index contributed by atoms with van der Waals surface area (Å²) in [5, 5.41) is 10.4. The Morgan fingerprint density at radius 1 is 1.09 bits per heavy atom. The summed E-state index contributed by atoms with van der Waals surface area (Å²) in [7, 11) is 1.62. The first-order chi connectivity index (χ1) is 15.7. The maximum absolute atomic E-state index is 12.7. The highest BCUT2D eigenvalue weighted by molar-refractivity contribution is 6.34. The molecule has 2 N–H and O–H groups in total. The van der Waals surface area contributed by atoms with Gasteiger partial charge in [-0.2, -0.15) is 5.10 Å². The van der Waals surface area contributed by atoms with Crippen molar-refractivity contribution < 1.29 is 14.3 Å². The first kappa shape index (κ1) is 24.3. The Hall–Kier alpha value is -3.32. The number of benzene rings is 2. The number of para-hydroxylation sites is 1. The van der Waals surface area contributed by atoms with E-state index < -0.39 is 6.04 Å². The van der Waals surface area contributed by atoms with E-state index in [1.807, 2.05) is 51.1 Å². The second-order valence-corrected chi connectivity index (χ2v) is 8.53. The number of hydrogen-bond acceptors (Lipinski definition) is 4. The molecule has 0 bridgehead atoms. The number of carbonyl (C=O) groups excluding carboxylic acids is 2. The van der Waals surface area contributed by atoms with Crippen LogP contribution in [0.4, 0.5) is 11.4 Å². The lowest BCUT2D eigenvalue weighted by atomic mass is 9.96. The van der Waals surface area contributed by atoms with E-state index in [1.54, 1.807) is 36.9 Å². The summed E-state index contributed by atoms with van der Waals surface area (Å²) in [6.07, 6.45) is 0.288. The third-order valence-electron chi connectivity index (χ3n) is 5.46. The largest absolute Gasteiger partial charge is 0.496 e.